The lowest BCUT2D eigenvalue weighted by molar-refractivity contribution is -0.142. The fourth-order valence-electron chi connectivity index (χ4n) is 4.65. The fourth-order valence-corrected chi connectivity index (χ4v) is 4.65. The number of aliphatic carboxylic acids is 1. The van der Waals surface area contributed by atoms with E-state index in [1.807, 2.05) is 0 Å². The Bertz CT molecular complexity index is 838. The van der Waals surface area contributed by atoms with Gasteiger partial charge in [-0.3, -0.25) is 4.79 Å². The van der Waals surface area contributed by atoms with Crippen LogP contribution in [0, 0.1) is 5.92 Å². The second kappa shape index (κ2) is 6.99. The molecule has 0 aliphatic heterocycles. The molecule has 6 nitrogen and oxygen atoms in total. The summed E-state index contributed by atoms with van der Waals surface area (Å²) in [5, 5.41) is 17.2. The molecule has 1 aromatic heterocycles. The van der Waals surface area contributed by atoms with Crippen molar-refractivity contribution in [1.82, 2.24) is 15.5 Å². The lowest BCUT2D eigenvalue weighted by atomic mass is 9.82. The average Bonchev–Trinajstić information content (AvgIpc) is 3.64. The standard InChI is InChI=1S/C22H27N3O3/c26-20(27)16-8-6-15(7-9-16)19-24-21(25-28-19)22(10-11-22)13-23-18-12-17(18)14-4-2-1-3-5-14/h1-5,15-18,23H,6-13H2,(H,26,27). The van der Waals surface area contributed by atoms with E-state index in [-0.39, 0.29) is 17.3 Å². The molecule has 2 N–H and O–H groups in total. The zero-order valence-electron chi connectivity index (χ0n) is 16.0. The first kappa shape index (κ1) is 17.9. The molecule has 0 radical (unpaired) electrons. The van der Waals surface area contributed by atoms with Crippen molar-refractivity contribution in [3.63, 3.8) is 0 Å². The number of carboxylic acids is 1. The minimum Gasteiger partial charge on any atom is -0.481 e. The van der Waals surface area contributed by atoms with Crippen LogP contribution in [0.1, 0.15) is 74.1 Å². The molecule has 0 bridgehead atoms. The molecule has 0 saturated heterocycles. The highest BCUT2D eigenvalue weighted by atomic mass is 16.5. The number of hydrogen-bond acceptors (Lipinski definition) is 5. The molecule has 3 aliphatic rings. The molecule has 2 atom stereocenters. The van der Waals surface area contributed by atoms with Crippen LogP contribution in [0.25, 0.3) is 0 Å². The predicted molar refractivity (Wildman–Crippen MR) is 103 cm³/mol. The van der Waals surface area contributed by atoms with Crippen molar-refractivity contribution < 1.29 is 14.4 Å². The SMILES string of the molecule is O=C(O)C1CCC(c2nc(C3(CNC4CC4c4ccccc4)CC3)no2)CC1. The zero-order chi connectivity index (χ0) is 19.1. The van der Waals surface area contributed by atoms with Gasteiger partial charge in [0.15, 0.2) is 5.82 Å². The second-order valence-corrected chi connectivity index (χ2v) is 8.86. The highest BCUT2D eigenvalue weighted by Gasteiger charge is 2.50. The van der Waals surface area contributed by atoms with Gasteiger partial charge >= 0.3 is 5.97 Å². The lowest BCUT2D eigenvalue weighted by Gasteiger charge is -2.23. The number of carboxylic acid groups (broad SMARTS) is 1. The van der Waals surface area contributed by atoms with Crippen LogP contribution < -0.4 is 5.32 Å². The smallest absolute Gasteiger partial charge is 0.306 e. The van der Waals surface area contributed by atoms with Gasteiger partial charge in [-0.2, -0.15) is 4.98 Å². The Morgan fingerprint density at radius 2 is 1.93 bits per heavy atom. The molecule has 1 aromatic carbocycles. The van der Waals surface area contributed by atoms with Gasteiger partial charge in [-0.25, -0.2) is 0 Å². The molecule has 148 valence electrons. The number of carbonyl (C=O) groups is 1. The number of hydrogen-bond donors (Lipinski definition) is 2. The third kappa shape index (κ3) is 3.46. The van der Waals surface area contributed by atoms with Crippen molar-refractivity contribution in [2.24, 2.45) is 5.92 Å². The summed E-state index contributed by atoms with van der Waals surface area (Å²) >= 11 is 0. The maximum Gasteiger partial charge on any atom is 0.306 e. The molecule has 2 unspecified atom stereocenters. The van der Waals surface area contributed by atoms with Crippen molar-refractivity contribution >= 4 is 5.97 Å². The van der Waals surface area contributed by atoms with Crippen LogP contribution in [-0.2, 0) is 10.2 Å². The molecule has 0 amide bonds. The van der Waals surface area contributed by atoms with Gasteiger partial charge in [0.05, 0.1) is 5.92 Å². The third-order valence-corrected chi connectivity index (χ3v) is 6.92. The summed E-state index contributed by atoms with van der Waals surface area (Å²) in [5.41, 5.74) is 1.45. The highest BCUT2D eigenvalue weighted by molar-refractivity contribution is 5.70. The van der Waals surface area contributed by atoms with E-state index in [0.29, 0.717) is 30.7 Å². The molecular formula is C22H27N3O3. The average molecular weight is 381 g/mol. The van der Waals surface area contributed by atoms with Gasteiger partial charge in [-0.05, 0) is 50.5 Å². The first-order chi connectivity index (χ1) is 13.6. The van der Waals surface area contributed by atoms with Gasteiger partial charge in [0.25, 0.3) is 0 Å². The predicted octanol–water partition coefficient (Wildman–Crippen LogP) is 3.61. The monoisotopic (exact) mass is 381 g/mol. The van der Waals surface area contributed by atoms with Crippen LogP contribution in [0.15, 0.2) is 34.9 Å². The summed E-state index contributed by atoms with van der Waals surface area (Å²) in [6.07, 6.45) is 6.46. The van der Waals surface area contributed by atoms with E-state index in [4.69, 9.17) is 14.6 Å². The van der Waals surface area contributed by atoms with Crippen LogP contribution in [0.4, 0.5) is 0 Å². The van der Waals surface area contributed by atoms with Crippen LogP contribution >= 0.6 is 0 Å². The molecule has 2 aromatic rings. The highest BCUT2D eigenvalue weighted by Crippen LogP contribution is 2.48. The van der Waals surface area contributed by atoms with Crippen LogP contribution in [0.3, 0.4) is 0 Å². The molecule has 28 heavy (non-hydrogen) atoms. The minimum atomic E-state index is -0.679. The van der Waals surface area contributed by atoms with Crippen molar-refractivity contribution in [1.29, 1.82) is 0 Å². The number of nitrogens with one attached hydrogen (secondary N) is 1. The Labute approximate surface area is 164 Å². The van der Waals surface area contributed by atoms with Gasteiger partial charge in [0, 0.05) is 29.8 Å². The number of benzene rings is 1. The van der Waals surface area contributed by atoms with Gasteiger partial charge in [-0.1, -0.05) is 35.5 Å². The third-order valence-electron chi connectivity index (χ3n) is 6.92. The fraction of sp³-hybridized carbons (Fsp3) is 0.591. The number of rotatable bonds is 7. The lowest BCUT2D eigenvalue weighted by Crippen LogP contribution is -2.30. The first-order valence-electron chi connectivity index (χ1n) is 10.5. The van der Waals surface area contributed by atoms with E-state index >= 15 is 0 Å². The normalized spacial score (nSPS) is 30.7. The van der Waals surface area contributed by atoms with Crippen molar-refractivity contribution in [3.05, 3.63) is 47.6 Å². The molecule has 0 spiro atoms. The summed E-state index contributed by atoms with van der Waals surface area (Å²) in [4.78, 5) is 15.9. The largest absolute Gasteiger partial charge is 0.481 e. The summed E-state index contributed by atoms with van der Waals surface area (Å²) in [5.74, 6) is 1.50. The molecule has 3 aliphatic carbocycles. The zero-order valence-corrected chi connectivity index (χ0v) is 16.0. The molecule has 1 heterocycles. The molecule has 3 saturated carbocycles. The van der Waals surface area contributed by atoms with E-state index in [1.165, 1.54) is 12.0 Å². The molecule has 3 fully saturated rings. The van der Waals surface area contributed by atoms with E-state index in [9.17, 15) is 4.79 Å². The summed E-state index contributed by atoms with van der Waals surface area (Å²) in [6.45, 7) is 0.908. The molecule has 6 heteroatoms. The van der Waals surface area contributed by atoms with Gasteiger partial charge in [-0.15, -0.1) is 0 Å². The van der Waals surface area contributed by atoms with Crippen LogP contribution in [0.2, 0.25) is 0 Å². The van der Waals surface area contributed by atoms with Crippen molar-refractivity contribution in [3.8, 4) is 0 Å². The van der Waals surface area contributed by atoms with E-state index in [1.54, 1.807) is 0 Å². The Balaban J connectivity index is 1.17. The maximum atomic E-state index is 11.1. The Morgan fingerprint density at radius 1 is 1.18 bits per heavy atom. The van der Waals surface area contributed by atoms with E-state index < -0.39 is 5.97 Å². The summed E-state index contributed by atoms with van der Waals surface area (Å²) in [6, 6.07) is 11.3. The minimum absolute atomic E-state index is 0.0316. The van der Waals surface area contributed by atoms with Gasteiger partial charge in [0.2, 0.25) is 5.89 Å². The number of aromatic nitrogens is 2. The Morgan fingerprint density at radius 3 is 2.61 bits per heavy atom. The van der Waals surface area contributed by atoms with Crippen molar-refractivity contribution in [2.45, 2.75) is 68.2 Å². The molecular weight excluding hydrogens is 354 g/mol. The van der Waals surface area contributed by atoms with Crippen LogP contribution in [-0.4, -0.2) is 33.8 Å². The van der Waals surface area contributed by atoms with E-state index in [0.717, 1.165) is 38.1 Å². The topological polar surface area (TPSA) is 88.2 Å². The van der Waals surface area contributed by atoms with E-state index in [2.05, 4.69) is 40.8 Å². The van der Waals surface area contributed by atoms with Crippen molar-refractivity contribution in [2.75, 3.05) is 6.54 Å². The number of nitrogens with zero attached hydrogens (tertiary/aromatic N) is 2. The first-order valence-corrected chi connectivity index (χ1v) is 10.5. The quantitative estimate of drug-likeness (QED) is 0.762. The second-order valence-electron chi connectivity index (χ2n) is 8.86. The molecule has 5 rings (SSSR count). The van der Waals surface area contributed by atoms with Gasteiger partial charge < -0.3 is 14.9 Å². The maximum absolute atomic E-state index is 11.1. The summed E-state index contributed by atoms with van der Waals surface area (Å²) < 4.78 is 5.60. The Hall–Kier alpha value is -2.21. The Kier molecular flexibility index (Phi) is 4.46. The van der Waals surface area contributed by atoms with Crippen LogP contribution in [0.5, 0.6) is 0 Å². The summed E-state index contributed by atoms with van der Waals surface area (Å²) in [7, 11) is 0. The van der Waals surface area contributed by atoms with Gasteiger partial charge in [0.1, 0.15) is 0 Å².